The molecule has 1 aliphatic heterocycles. The van der Waals surface area contributed by atoms with Crippen LogP contribution in [0.3, 0.4) is 0 Å². The predicted octanol–water partition coefficient (Wildman–Crippen LogP) is 2.92. The quantitative estimate of drug-likeness (QED) is 0.782. The van der Waals surface area contributed by atoms with Crippen molar-refractivity contribution in [3.8, 4) is 5.75 Å². The number of hydrogen-bond donors (Lipinski definition) is 1. The summed E-state index contributed by atoms with van der Waals surface area (Å²) in [5, 5.41) is 2.78. The van der Waals surface area contributed by atoms with Crippen LogP contribution in [0.5, 0.6) is 5.75 Å². The molecule has 0 radical (unpaired) electrons. The summed E-state index contributed by atoms with van der Waals surface area (Å²) in [5.41, 5.74) is 1.83. The van der Waals surface area contributed by atoms with E-state index < -0.39 is 0 Å². The first kappa shape index (κ1) is 20.4. The van der Waals surface area contributed by atoms with Crippen molar-refractivity contribution in [2.75, 3.05) is 37.0 Å². The van der Waals surface area contributed by atoms with Gasteiger partial charge in [0.2, 0.25) is 11.8 Å². The molecule has 1 saturated heterocycles. The Hall–Kier alpha value is -3.35. The number of hydrogen-bond acceptors (Lipinski definition) is 4. The molecule has 2 aromatic rings. The van der Waals surface area contributed by atoms with E-state index in [9.17, 15) is 14.4 Å². The predicted molar refractivity (Wildman–Crippen MR) is 111 cm³/mol. The van der Waals surface area contributed by atoms with Gasteiger partial charge in [-0.3, -0.25) is 14.4 Å². The van der Waals surface area contributed by atoms with Gasteiger partial charge in [-0.25, -0.2) is 0 Å². The number of carbonyl (C=O) groups is 3. The molecule has 7 nitrogen and oxygen atoms in total. The summed E-state index contributed by atoms with van der Waals surface area (Å²) >= 11 is 0. The number of anilines is 2. The van der Waals surface area contributed by atoms with Gasteiger partial charge in [0, 0.05) is 30.8 Å². The van der Waals surface area contributed by atoms with Crippen LogP contribution in [0.15, 0.2) is 48.5 Å². The monoisotopic (exact) mass is 395 g/mol. The Bertz CT molecular complexity index is 895. The minimum Gasteiger partial charge on any atom is -0.495 e. The number of methoxy groups -OCH3 is 1. The van der Waals surface area contributed by atoms with Crippen LogP contribution >= 0.6 is 0 Å². The van der Waals surface area contributed by atoms with Crippen molar-refractivity contribution in [3.63, 3.8) is 0 Å². The summed E-state index contributed by atoms with van der Waals surface area (Å²) in [5.74, 6) is 0.125. The first-order valence-electron chi connectivity index (χ1n) is 9.66. The maximum atomic E-state index is 12.8. The molecule has 1 heterocycles. The van der Waals surface area contributed by atoms with Crippen molar-refractivity contribution in [2.24, 2.45) is 0 Å². The Balaban J connectivity index is 1.65. The SMILES string of the molecule is CCN(CC(=O)Nc1ccccc1OC)C(=O)c1ccc(N2CCCC2=O)cc1. The van der Waals surface area contributed by atoms with Crippen LogP contribution in [-0.4, -0.2) is 49.4 Å². The molecular weight excluding hydrogens is 370 g/mol. The highest BCUT2D eigenvalue weighted by Crippen LogP contribution is 2.24. The molecule has 3 rings (SSSR count). The molecule has 0 atom stereocenters. The largest absolute Gasteiger partial charge is 0.495 e. The smallest absolute Gasteiger partial charge is 0.254 e. The zero-order valence-electron chi connectivity index (χ0n) is 16.7. The summed E-state index contributed by atoms with van der Waals surface area (Å²) in [7, 11) is 1.53. The van der Waals surface area contributed by atoms with E-state index in [0.29, 0.717) is 36.5 Å². The summed E-state index contributed by atoms with van der Waals surface area (Å²) < 4.78 is 5.23. The number of benzene rings is 2. The van der Waals surface area contributed by atoms with Crippen molar-refractivity contribution < 1.29 is 19.1 Å². The zero-order chi connectivity index (χ0) is 20.8. The lowest BCUT2D eigenvalue weighted by atomic mass is 10.1. The highest BCUT2D eigenvalue weighted by molar-refractivity contribution is 6.00. The number of carbonyl (C=O) groups excluding carboxylic acids is 3. The molecule has 0 aromatic heterocycles. The molecule has 29 heavy (non-hydrogen) atoms. The summed E-state index contributed by atoms with van der Waals surface area (Å²) in [6.07, 6.45) is 1.41. The van der Waals surface area contributed by atoms with E-state index in [2.05, 4.69) is 5.32 Å². The number of amides is 3. The minimum absolute atomic E-state index is 0.0697. The van der Waals surface area contributed by atoms with Crippen molar-refractivity contribution in [2.45, 2.75) is 19.8 Å². The van der Waals surface area contributed by atoms with Crippen molar-refractivity contribution in [1.82, 2.24) is 4.90 Å². The molecule has 2 aromatic carbocycles. The van der Waals surface area contributed by atoms with Crippen LogP contribution < -0.4 is 15.0 Å². The standard InChI is InChI=1S/C22H25N3O4/c1-3-24(15-20(26)23-18-7-4-5-8-19(18)29-2)22(28)16-10-12-17(13-11-16)25-14-6-9-21(25)27/h4-5,7-8,10-13H,3,6,9,14-15H2,1-2H3,(H,23,26). The summed E-state index contributed by atoms with van der Waals surface area (Å²) in [4.78, 5) is 40.3. The van der Waals surface area contributed by atoms with E-state index in [1.54, 1.807) is 47.4 Å². The maximum Gasteiger partial charge on any atom is 0.254 e. The van der Waals surface area contributed by atoms with Crippen molar-refractivity contribution >= 4 is 29.1 Å². The van der Waals surface area contributed by atoms with Gasteiger partial charge >= 0.3 is 0 Å². The molecule has 0 spiro atoms. The van der Waals surface area contributed by atoms with Gasteiger partial charge in [-0.1, -0.05) is 12.1 Å². The first-order chi connectivity index (χ1) is 14.0. The normalized spacial score (nSPS) is 13.3. The lowest BCUT2D eigenvalue weighted by molar-refractivity contribution is -0.117. The lowest BCUT2D eigenvalue weighted by Gasteiger charge is -2.21. The Morgan fingerprint density at radius 3 is 2.48 bits per heavy atom. The van der Waals surface area contributed by atoms with Gasteiger partial charge in [-0.2, -0.15) is 0 Å². The molecule has 0 unspecified atom stereocenters. The fourth-order valence-corrected chi connectivity index (χ4v) is 3.33. The second-order valence-electron chi connectivity index (χ2n) is 6.76. The third kappa shape index (κ3) is 4.74. The van der Waals surface area contributed by atoms with Crippen molar-refractivity contribution in [3.05, 3.63) is 54.1 Å². The van der Waals surface area contributed by atoms with Gasteiger partial charge in [0.25, 0.3) is 5.91 Å². The van der Waals surface area contributed by atoms with Crippen LogP contribution in [0.2, 0.25) is 0 Å². The molecule has 0 bridgehead atoms. The fourth-order valence-electron chi connectivity index (χ4n) is 3.33. The number of likely N-dealkylation sites (N-methyl/N-ethyl adjacent to an activating group) is 1. The number of nitrogens with one attached hydrogen (secondary N) is 1. The van der Waals surface area contributed by atoms with Gasteiger partial charge in [0.1, 0.15) is 12.3 Å². The third-order valence-corrected chi connectivity index (χ3v) is 4.88. The van der Waals surface area contributed by atoms with Crippen LogP contribution in [0.1, 0.15) is 30.1 Å². The Morgan fingerprint density at radius 1 is 1.14 bits per heavy atom. The second kappa shape index (κ2) is 9.23. The highest BCUT2D eigenvalue weighted by atomic mass is 16.5. The summed E-state index contributed by atoms with van der Waals surface area (Å²) in [6.45, 7) is 2.85. The van der Waals surface area contributed by atoms with Gasteiger partial charge in [-0.15, -0.1) is 0 Å². The molecular formula is C22H25N3O4. The molecule has 3 amide bonds. The molecule has 7 heteroatoms. The van der Waals surface area contributed by atoms with Crippen LogP contribution in [0.25, 0.3) is 0 Å². The van der Waals surface area contributed by atoms with E-state index in [0.717, 1.165) is 12.1 Å². The van der Waals surface area contributed by atoms with Gasteiger partial charge in [0.05, 0.1) is 12.8 Å². The molecule has 1 aliphatic rings. The maximum absolute atomic E-state index is 12.8. The molecule has 152 valence electrons. The fraction of sp³-hybridized carbons (Fsp3) is 0.318. The first-order valence-corrected chi connectivity index (χ1v) is 9.66. The second-order valence-corrected chi connectivity index (χ2v) is 6.76. The highest BCUT2D eigenvalue weighted by Gasteiger charge is 2.23. The Morgan fingerprint density at radius 2 is 1.86 bits per heavy atom. The van der Waals surface area contributed by atoms with Crippen LogP contribution in [-0.2, 0) is 9.59 Å². The third-order valence-electron chi connectivity index (χ3n) is 4.88. The van der Waals surface area contributed by atoms with E-state index in [1.165, 1.54) is 12.0 Å². The van der Waals surface area contributed by atoms with Crippen molar-refractivity contribution in [1.29, 1.82) is 0 Å². The van der Waals surface area contributed by atoms with E-state index in [1.807, 2.05) is 13.0 Å². The van der Waals surface area contributed by atoms with E-state index in [-0.39, 0.29) is 24.3 Å². The summed E-state index contributed by atoms with van der Waals surface area (Å²) in [6, 6.07) is 14.1. The molecule has 0 aliphatic carbocycles. The molecule has 1 fully saturated rings. The van der Waals surface area contributed by atoms with Gasteiger partial charge in [-0.05, 0) is 49.7 Å². The average molecular weight is 395 g/mol. The number of ether oxygens (including phenoxy) is 1. The molecule has 0 saturated carbocycles. The number of nitrogens with zero attached hydrogens (tertiary/aromatic N) is 2. The number of rotatable bonds is 7. The van der Waals surface area contributed by atoms with Gasteiger partial charge < -0.3 is 19.9 Å². The van der Waals surface area contributed by atoms with E-state index >= 15 is 0 Å². The van der Waals surface area contributed by atoms with Crippen LogP contribution in [0, 0.1) is 0 Å². The van der Waals surface area contributed by atoms with Crippen LogP contribution in [0.4, 0.5) is 11.4 Å². The topological polar surface area (TPSA) is 79.0 Å². The van der Waals surface area contributed by atoms with E-state index in [4.69, 9.17) is 4.74 Å². The average Bonchev–Trinajstić information content (AvgIpc) is 3.18. The Labute approximate surface area is 170 Å². The Kier molecular flexibility index (Phi) is 6.49. The lowest BCUT2D eigenvalue weighted by Crippen LogP contribution is -2.38. The minimum atomic E-state index is -0.302. The number of para-hydroxylation sites is 2. The van der Waals surface area contributed by atoms with Gasteiger partial charge in [0.15, 0.2) is 0 Å². The molecule has 1 N–H and O–H groups in total. The zero-order valence-corrected chi connectivity index (χ0v) is 16.7.